The lowest BCUT2D eigenvalue weighted by molar-refractivity contribution is 0.0738. The van der Waals surface area contributed by atoms with Crippen LogP contribution in [0.15, 0.2) is 30.5 Å². The first-order chi connectivity index (χ1) is 11.4. The molecule has 3 rings (SSSR count). The number of hydrogen-bond acceptors (Lipinski definition) is 2. The van der Waals surface area contributed by atoms with Gasteiger partial charge in [-0.25, -0.2) is 13.2 Å². The van der Waals surface area contributed by atoms with Gasteiger partial charge in [0.25, 0.3) is 5.91 Å². The van der Waals surface area contributed by atoms with Crippen LogP contribution in [0.3, 0.4) is 0 Å². The molecule has 0 radical (unpaired) electrons. The monoisotopic (exact) mass is 337 g/mol. The van der Waals surface area contributed by atoms with Gasteiger partial charge >= 0.3 is 0 Å². The van der Waals surface area contributed by atoms with Crippen LogP contribution >= 0.6 is 0 Å². The summed E-state index contributed by atoms with van der Waals surface area (Å²) in [6.07, 6.45) is 2.35. The highest BCUT2D eigenvalue weighted by Gasteiger charge is 2.42. The van der Waals surface area contributed by atoms with Gasteiger partial charge in [0.05, 0.1) is 6.54 Å². The first kappa shape index (κ1) is 16.5. The molecule has 1 aliphatic rings. The van der Waals surface area contributed by atoms with Crippen LogP contribution in [0.1, 0.15) is 35.8 Å². The van der Waals surface area contributed by atoms with Crippen molar-refractivity contribution < 1.29 is 18.0 Å². The standard InChI is InChI=1S/C17H18F3N3O/c1-2-6-23-15(3-5-21-23)16(24)22-7-4-17(20,11-22)12-8-13(18)10-14(19)9-12/h3,5,8-10H,2,4,6-7,11H2,1H3. The second-order valence-corrected chi connectivity index (χ2v) is 6.04. The predicted molar refractivity (Wildman–Crippen MR) is 82.2 cm³/mol. The molecular formula is C17H18F3N3O. The lowest BCUT2D eigenvalue weighted by Gasteiger charge is -2.22. The van der Waals surface area contributed by atoms with E-state index in [0.717, 1.165) is 18.6 Å². The minimum absolute atomic E-state index is 0.00352. The Morgan fingerprint density at radius 1 is 1.29 bits per heavy atom. The van der Waals surface area contributed by atoms with Gasteiger partial charge in [0.1, 0.15) is 17.3 Å². The zero-order chi connectivity index (χ0) is 17.3. The molecule has 128 valence electrons. The van der Waals surface area contributed by atoms with Gasteiger partial charge < -0.3 is 4.90 Å². The van der Waals surface area contributed by atoms with E-state index in [0.29, 0.717) is 18.3 Å². The van der Waals surface area contributed by atoms with E-state index < -0.39 is 17.3 Å². The molecule has 1 saturated heterocycles. The number of aryl methyl sites for hydroxylation is 1. The smallest absolute Gasteiger partial charge is 0.272 e. The Labute approximate surface area is 137 Å². The largest absolute Gasteiger partial charge is 0.334 e. The number of carbonyl (C=O) groups excluding carboxylic acids is 1. The fourth-order valence-electron chi connectivity index (χ4n) is 3.06. The molecule has 1 amide bonds. The summed E-state index contributed by atoms with van der Waals surface area (Å²) in [5.41, 5.74) is -1.63. The van der Waals surface area contributed by atoms with E-state index in [9.17, 15) is 13.6 Å². The summed E-state index contributed by atoms with van der Waals surface area (Å²) in [5.74, 6) is -1.97. The molecule has 2 heterocycles. The minimum atomic E-state index is -1.95. The maximum absolute atomic E-state index is 15.2. The van der Waals surface area contributed by atoms with Crippen molar-refractivity contribution in [3.8, 4) is 0 Å². The zero-order valence-corrected chi connectivity index (χ0v) is 13.3. The molecule has 2 aromatic rings. The van der Waals surface area contributed by atoms with Crippen molar-refractivity contribution in [2.75, 3.05) is 13.1 Å². The van der Waals surface area contributed by atoms with Gasteiger partial charge in [0.2, 0.25) is 0 Å². The highest BCUT2D eigenvalue weighted by molar-refractivity contribution is 5.92. The molecule has 0 saturated carbocycles. The lowest BCUT2D eigenvalue weighted by atomic mass is 9.95. The number of aromatic nitrogens is 2. The number of nitrogens with zero attached hydrogens (tertiary/aromatic N) is 3. The van der Waals surface area contributed by atoms with Crippen LogP contribution in [0, 0.1) is 11.6 Å². The Kier molecular flexibility index (Phi) is 4.34. The Morgan fingerprint density at radius 3 is 2.67 bits per heavy atom. The molecule has 0 N–H and O–H groups in total. The quantitative estimate of drug-likeness (QED) is 0.859. The first-order valence-electron chi connectivity index (χ1n) is 7.89. The number of benzene rings is 1. The number of likely N-dealkylation sites (tertiary alicyclic amines) is 1. The molecule has 1 aromatic heterocycles. The van der Waals surface area contributed by atoms with Gasteiger partial charge in [-0.2, -0.15) is 5.10 Å². The van der Waals surface area contributed by atoms with Gasteiger partial charge in [-0.1, -0.05) is 6.92 Å². The van der Waals surface area contributed by atoms with Gasteiger partial charge in [-0.3, -0.25) is 9.48 Å². The van der Waals surface area contributed by atoms with E-state index in [1.54, 1.807) is 10.7 Å². The minimum Gasteiger partial charge on any atom is -0.334 e. The highest BCUT2D eigenvalue weighted by Crippen LogP contribution is 2.37. The predicted octanol–water partition coefficient (Wildman–Crippen LogP) is 3.28. The van der Waals surface area contributed by atoms with Gasteiger partial charge in [-0.05, 0) is 30.2 Å². The maximum atomic E-state index is 15.2. The molecule has 7 heteroatoms. The van der Waals surface area contributed by atoms with Crippen molar-refractivity contribution in [1.82, 2.24) is 14.7 Å². The van der Waals surface area contributed by atoms with E-state index in [4.69, 9.17) is 0 Å². The average Bonchev–Trinajstić information content (AvgIpc) is 3.14. The molecule has 1 aliphatic heterocycles. The summed E-state index contributed by atoms with van der Waals surface area (Å²) in [4.78, 5) is 14.0. The number of carbonyl (C=O) groups is 1. The van der Waals surface area contributed by atoms with Crippen molar-refractivity contribution in [3.63, 3.8) is 0 Å². The number of amides is 1. The number of hydrogen-bond donors (Lipinski definition) is 0. The molecule has 0 bridgehead atoms. The summed E-state index contributed by atoms with van der Waals surface area (Å²) >= 11 is 0. The van der Waals surface area contributed by atoms with E-state index in [1.165, 1.54) is 11.1 Å². The Balaban J connectivity index is 1.81. The van der Waals surface area contributed by atoms with Crippen LogP contribution in [0.25, 0.3) is 0 Å². The average molecular weight is 337 g/mol. The molecule has 1 aromatic carbocycles. The summed E-state index contributed by atoms with van der Waals surface area (Å²) in [6.45, 7) is 2.52. The molecule has 4 nitrogen and oxygen atoms in total. The third-order valence-corrected chi connectivity index (χ3v) is 4.26. The van der Waals surface area contributed by atoms with Crippen LogP contribution in [-0.4, -0.2) is 33.7 Å². The van der Waals surface area contributed by atoms with E-state index >= 15 is 4.39 Å². The molecule has 1 fully saturated rings. The van der Waals surface area contributed by atoms with Crippen molar-refractivity contribution >= 4 is 5.91 Å². The van der Waals surface area contributed by atoms with Crippen molar-refractivity contribution in [1.29, 1.82) is 0 Å². The SMILES string of the molecule is CCCn1nccc1C(=O)N1CCC(F)(c2cc(F)cc(F)c2)C1. The van der Waals surface area contributed by atoms with Crippen molar-refractivity contribution in [2.24, 2.45) is 0 Å². The Morgan fingerprint density at radius 2 is 2.00 bits per heavy atom. The van der Waals surface area contributed by atoms with Gasteiger partial charge in [0, 0.05) is 31.8 Å². The zero-order valence-electron chi connectivity index (χ0n) is 13.3. The molecule has 1 atom stereocenters. The van der Waals surface area contributed by atoms with Crippen molar-refractivity contribution in [2.45, 2.75) is 32.0 Å². The number of halogens is 3. The van der Waals surface area contributed by atoms with Crippen LogP contribution in [-0.2, 0) is 12.2 Å². The van der Waals surface area contributed by atoms with Crippen LogP contribution in [0.5, 0.6) is 0 Å². The molecule has 24 heavy (non-hydrogen) atoms. The first-order valence-corrected chi connectivity index (χ1v) is 7.89. The topological polar surface area (TPSA) is 38.1 Å². The Bertz CT molecular complexity index is 741. The van der Waals surface area contributed by atoms with E-state index in [-0.39, 0.29) is 31.0 Å². The molecule has 0 aliphatic carbocycles. The maximum Gasteiger partial charge on any atom is 0.272 e. The van der Waals surface area contributed by atoms with Gasteiger partial charge in [0.15, 0.2) is 5.67 Å². The third kappa shape index (κ3) is 3.02. The van der Waals surface area contributed by atoms with E-state index in [1.807, 2.05) is 6.92 Å². The molecular weight excluding hydrogens is 319 g/mol. The second-order valence-electron chi connectivity index (χ2n) is 6.04. The van der Waals surface area contributed by atoms with Gasteiger partial charge in [-0.15, -0.1) is 0 Å². The second kappa shape index (κ2) is 6.30. The molecule has 0 spiro atoms. The number of alkyl halides is 1. The summed E-state index contributed by atoms with van der Waals surface area (Å²) < 4.78 is 43.5. The van der Waals surface area contributed by atoms with E-state index in [2.05, 4.69) is 5.10 Å². The van der Waals surface area contributed by atoms with Crippen LogP contribution in [0.2, 0.25) is 0 Å². The summed E-state index contributed by atoms with van der Waals surface area (Å²) in [6, 6.07) is 4.27. The van der Waals surface area contributed by atoms with Crippen LogP contribution in [0.4, 0.5) is 13.2 Å². The fraction of sp³-hybridized carbons (Fsp3) is 0.412. The summed E-state index contributed by atoms with van der Waals surface area (Å²) in [7, 11) is 0. The van der Waals surface area contributed by atoms with Crippen LogP contribution < -0.4 is 0 Å². The third-order valence-electron chi connectivity index (χ3n) is 4.26. The summed E-state index contributed by atoms with van der Waals surface area (Å²) in [5, 5.41) is 4.09. The molecule has 1 unspecified atom stereocenters. The number of rotatable bonds is 4. The lowest BCUT2D eigenvalue weighted by Crippen LogP contribution is -2.33. The normalized spacial score (nSPS) is 20.6. The van der Waals surface area contributed by atoms with Crippen molar-refractivity contribution in [3.05, 3.63) is 53.4 Å². The highest BCUT2D eigenvalue weighted by atomic mass is 19.1. The fourth-order valence-corrected chi connectivity index (χ4v) is 3.06. The Hall–Kier alpha value is -2.31.